The molecule has 0 fully saturated rings. The molecule has 13 rings (SSSR count). The monoisotopic (exact) mass is 692 g/mol. The van der Waals surface area contributed by atoms with Crippen molar-refractivity contribution in [2.75, 3.05) is 0 Å². The molecule has 0 saturated heterocycles. The lowest BCUT2D eigenvalue weighted by molar-refractivity contribution is 0.795. The topological polar surface area (TPSA) is 0 Å². The van der Waals surface area contributed by atoms with Crippen LogP contribution < -0.4 is 0 Å². The highest BCUT2D eigenvalue weighted by Crippen LogP contribution is 2.64. The van der Waals surface area contributed by atoms with Gasteiger partial charge in [0.05, 0.1) is 5.41 Å². The highest BCUT2D eigenvalue weighted by molar-refractivity contribution is 6.25. The van der Waals surface area contributed by atoms with Gasteiger partial charge in [0, 0.05) is 0 Å². The maximum Gasteiger partial charge on any atom is 0.0725 e. The summed E-state index contributed by atoms with van der Waals surface area (Å²) in [6.07, 6.45) is 0. The average molecular weight is 693 g/mol. The minimum atomic E-state index is -0.443. The molecule has 252 valence electrons. The lowest BCUT2D eigenvalue weighted by Crippen LogP contribution is -2.25. The van der Waals surface area contributed by atoms with Crippen molar-refractivity contribution in [3.8, 4) is 44.5 Å². The van der Waals surface area contributed by atoms with Gasteiger partial charge in [-0.05, 0) is 127 Å². The van der Waals surface area contributed by atoms with Gasteiger partial charge in [-0.1, -0.05) is 188 Å². The van der Waals surface area contributed by atoms with Crippen molar-refractivity contribution >= 4 is 53.9 Å². The summed E-state index contributed by atoms with van der Waals surface area (Å²) in [4.78, 5) is 0. The van der Waals surface area contributed by atoms with Crippen molar-refractivity contribution in [3.63, 3.8) is 0 Å². The van der Waals surface area contributed by atoms with Gasteiger partial charge in [-0.2, -0.15) is 0 Å². The van der Waals surface area contributed by atoms with E-state index >= 15 is 0 Å². The lowest BCUT2D eigenvalue weighted by Gasteiger charge is -2.31. The molecule has 0 bridgehead atoms. The molecule has 0 nitrogen and oxygen atoms in total. The third-order valence-corrected chi connectivity index (χ3v) is 13.0. The van der Waals surface area contributed by atoms with Gasteiger partial charge in [-0.3, -0.25) is 0 Å². The Kier molecular flexibility index (Phi) is 5.65. The lowest BCUT2D eigenvalue weighted by atomic mass is 9.70. The predicted molar refractivity (Wildman–Crippen MR) is 232 cm³/mol. The second-order valence-electron chi connectivity index (χ2n) is 15.5. The molecule has 11 aromatic rings. The molecule has 0 amide bonds. The summed E-state index contributed by atoms with van der Waals surface area (Å²) >= 11 is 0. The van der Waals surface area contributed by atoms with E-state index in [1.54, 1.807) is 0 Å². The molecule has 2 aliphatic rings. The Balaban J connectivity index is 1.14. The van der Waals surface area contributed by atoms with Crippen molar-refractivity contribution < 1.29 is 0 Å². The average Bonchev–Trinajstić information content (AvgIpc) is 3.72. The zero-order valence-corrected chi connectivity index (χ0v) is 30.0. The van der Waals surface area contributed by atoms with Gasteiger partial charge in [-0.25, -0.2) is 0 Å². The van der Waals surface area contributed by atoms with Crippen LogP contribution in [0.25, 0.3) is 98.4 Å². The van der Waals surface area contributed by atoms with Gasteiger partial charge < -0.3 is 0 Å². The first-order chi connectivity index (χ1) is 27.3. The van der Waals surface area contributed by atoms with Crippen molar-refractivity contribution in [1.29, 1.82) is 0 Å². The molecular weight excluding hydrogens is 661 g/mol. The van der Waals surface area contributed by atoms with E-state index in [0.29, 0.717) is 0 Å². The number of rotatable bonds is 2. The first kappa shape index (κ1) is 29.4. The van der Waals surface area contributed by atoms with E-state index in [9.17, 15) is 0 Å². The molecule has 55 heavy (non-hydrogen) atoms. The van der Waals surface area contributed by atoms with E-state index in [0.717, 1.165) is 0 Å². The normalized spacial score (nSPS) is 13.6. The smallest absolute Gasteiger partial charge is 0.0619 e. The molecule has 0 unspecified atom stereocenters. The number of hydrogen-bond acceptors (Lipinski definition) is 0. The Morgan fingerprint density at radius 2 is 0.800 bits per heavy atom. The van der Waals surface area contributed by atoms with Gasteiger partial charge >= 0.3 is 0 Å². The molecule has 1 spiro atoms. The van der Waals surface area contributed by atoms with E-state index < -0.39 is 5.41 Å². The summed E-state index contributed by atoms with van der Waals surface area (Å²) in [5, 5.41) is 13.0. The second-order valence-corrected chi connectivity index (χ2v) is 15.5. The molecule has 0 heteroatoms. The molecule has 0 heterocycles. The molecule has 0 aromatic heterocycles. The Hall–Kier alpha value is -7.02. The fraction of sp³-hybridized carbons (Fsp3) is 0.0182. The summed E-state index contributed by atoms with van der Waals surface area (Å²) in [5.74, 6) is 0. The van der Waals surface area contributed by atoms with Crippen LogP contribution in [-0.2, 0) is 5.41 Å². The second kappa shape index (κ2) is 10.6. The summed E-state index contributed by atoms with van der Waals surface area (Å²) in [6, 6.07) is 73.4. The number of hydrogen-bond donors (Lipinski definition) is 0. The van der Waals surface area contributed by atoms with E-state index in [1.807, 2.05) is 0 Å². The van der Waals surface area contributed by atoms with Crippen molar-refractivity contribution in [2.24, 2.45) is 0 Å². The summed E-state index contributed by atoms with van der Waals surface area (Å²) in [7, 11) is 0. The molecule has 0 atom stereocenters. The quantitative estimate of drug-likeness (QED) is 0.158. The van der Waals surface area contributed by atoms with E-state index in [4.69, 9.17) is 0 Å². The van der Waals surface area contributed by atoms with Crippen LogP contribution in [0.1, 0.15) is 22.3 Å². The van der Waals surface area contributed by atoms with Gasteiger partial charge in [-0.15, -0.1) is 0 Å². The predicted octanol–water partition coefficient (Wildman–Crippen LogP) is 14.6. The van der Waals surface area contributed by atoms with Crippen LogP contribution in [0.5, 0.6) is 0 Å². The zero-order valence-electron chi connectivity index (χ0n) is 30.0. The molecular formula is C55H32. The Bertz CT molecular complexity index is 3370. The third kappa shape index (κ3) is 3.67. The van der Waals surface area contributed by atoms with Gasteiger partial charge in [0.15, 0.2) is 0 Å². The summed E-state index contributed by atoms with van der Waals surface area (Å²) in [5.41, 5.74) is 15.4. The Morgan fingerprint density at radius 3 is 1.62 bits per heavy atom. The number of benzene rings is 11. The molecule has 0 saturated carbocycles. The van der Waals surface area contributed by atoms with Gasteiger partial charge in [0.25, 0.3) is 0 Å². The molecule has 0 aliphatic heterocycles. The molecule has 11 aromatic carbocycles. The first-order valence-corrected chi connectivity index (χ1v) is 19.3. The maximum absolute atomic E-state index is 2.54. The van der Waals surface area contributed by atoms with E-state index in [-0.39, 0.29) is 0 Å². The molecule has 0 N–H and O–H groups in total. The fourth-order valence-electron chi connectivity index (χ4n) is 10.8. The van der Waals surface area contributed by atoms with E-state index in [2.05, 4.69) is 194 Å². The molecule has 2 aliphatic carbocycles. The first-order valence-electron chi connectivity index (χ1n) is 19.3. The van der Waals surface area contributed by atoms with E-state index in [1.165, 1.54) is 121 Å². The Labute approximate surface area is 318 Å². The highest BCUT2D eigenvalue weighted by atomic mass is 14.5. The van der Waals surface area contributed by atoms with Crippen LogP contribution >= 0.6 is 0 Å². The van der Waals surface area contributed by atoms with Crippen molar-refractivity contribution in [3.05, 3.63) is 216 Å². The summed E-state index contributed by atoms with van der Waals surface area (Å²) in [6.45, 7) is 0. The van der Waals surface area contributed by atoms with Gasteiger partial charge in [0.2, 0.25) is 0 Å². The standard InChI is InChI=1S/C55H32/c1-2-14-38-33(10-1)11-8-17-40(38)41-18-9-19-45-42(41)30-31-50-54(45)47-29-26-37(32-51(47)55(50)48-20-5-3-15-43(48)44-16-4-6-21-49(44)55)39-27-24-36-23-22-34-12-7-13-35-25-28-46(39)53(36)52(34)35/h1-32H. The summed E-state index contributed by atoms with van der Waals surface area (Å²) < 4.78 is 0. The minimum Gasteiger partial charge on any atom is -0.0619 e. The Morgan fingerprint density at radius 1 is 0.255 bits per heavy atom. The highest BCUT2D eigenvalue weighted by Gasteiger charge is 2.52. The van der Waals surface area contributed by atoms with Crippen LogP contribution in [0.2, 0.25) is 0 Å². The van der Waals surface area contributed by atoms with Crippen molar-refractivity contribution in [2.45, 2.75) is 5.41 Å². The zero-order chi connectivity index (χ0) is 35.8. The van der Waals surface area contributed by atoms with Crippen molar-refractivity contribution in [1.82, 2.24) is 0 Å². The van der Waals surface area contributed by atoms with Gasteiger partial charge in [0.1, 0.15) is 0 Å². The van der Waals surface area contributed by atoms with Crippen LogP contribution in [0.15, 0.2) is 194 Å². The third-order valence-electron chi connectivity index (χ3n) is 13.0. The largest absolute Gasteiger partial charge is 0.0725 e. The fourth-order valence-corrected chi connectivity index (χ4v) is 10.8. The van der Waals surface area contributed by atoms with Crippen LogP contribution in [0, 0.1) is 0 Å². The number of fused-ring (bicyclic) bond motifs is 13. The maximum atomic E-state index is 2.54. The van der Waals surface area contributed by atoms with Crippen LogP contribution in [0.4, 0.5) is 0 Å². The van der Waals surface area contributed by atoms with Crippen LogP contribution in [0.3, 0.4) is 0 Å². The van der Waals surface area contributed by atoms with Crippen LogP contribution in [-0.4, -0.2) is 0 Å². The molecule has 0 radical (unpaired) electrons. The minimum absolute atomic E-state index is 0.443. The SMILES string of the molecule is c1ccc2c(c1)-c1ccccc1C21c2cc(-c3ccc4ccc5cccc6ccc3c4c56)ccc2-c2c1ccc1c(-c3cccc4ccccc34)cccc21.